The molecule has 0 bridgehead atoms. The maximum atomic E-state index is 15.7. The lowest BCUT2D eigenvalue weighted by molar-refractivity contribution is -0.141. The highest BCUT2D eigenvalue weighted by molar-refractivity contribution is 5.71. The molecule has 2 aliphatic carbocycles. The predicted octanol–water partition coefficient (Wildman–Crippen LogP) is 8.71. The number of methoxy groups -OCH3 is 2. The van der Waals surface area contributed by atoms with Crippen molar-refractivity contribution in [2.45, 2.75) is 70.8 Å². The Morgan fingerprint density at radius 2 is 1.76 bits per heavy atom. The van der Waals surface area contributed by atoms with Crippen LogP contribution >= 0.6 is 0 Å². The van der Waals surface area contributed by atoms with Gasteiger partial charge in [0, 0.05) is 17.0 Å². The quantitative estimate of drug-likeness (QED) is 0.230. The van der Waals surface area contributed by atoms with E-state index in [1.807, 2.05) is 0 Å². The van der Waals surface area contributed by atoms with Gasteiger partial charge in [-0.05, 0) is 96.0 Å². The van der Waals surface area contributed by atoms with E-state index in [9.17, 15) is 4.79 Å². The van der Waals surface area contributed by atoms with Crippen molar-refractivity contribution in [2.75, 3.05) is 14.2 Å². The molecule has 2 fully saturated rings. The molecule has 4 nitrogen and oxygen atoms in total. The van der Waals surface area contributed by atoms with Crippen LogP contribution in [0.25, 0.3) is 11.1 Å². The molecule has 0 aromatic heterocycles. The fraction of sp³-hybridized carbons (Fsp3) is 0.441. The average molecular weight is 567 g/mol. The minimum absolute atomic E-state index is 0.00285. The van der Waals surface area contributed by atoms with Crippen molar-refractivity contribution in [3.05, 3.63) is 82.7 Å². The van der Waals surface area contributed by atoms with Crippen LogP contribution in [0.4, 0.5) is 13.2 Å². The summed E-state index contributed by atoms with van der Waals surface area (Å²) in [5.41, 5.74) is 2.24. The van der Waals surface area contributed by atoms with E-state index in [0.29, 0.717) is 16.9 Å². The van der Waals surface area contributed by atoms with E-state index in [-0.39, 0.29) is 59.0 Å². The van der Waals surface area contributed by atoms with Crippen molar-refractivity contribution >= 4 is 5.97 Å². The topological polar surface area (TPSA) is 44.8 Å². The Hall–Kier alpha value is -3.48. The van der Waals surface area contributed by atoms with Gasteiger partial charge in [0.25, 0.3) is 0 Å². The lowest BCUT2D eigenvalue weighted by Gasteiger charge is -2.30. The molecule has 218 valence electrons. The molecule has 3 aromatic rings. The maximum Gasteiger partial charge on any atom is 0.306 e. The molecule has 0 amide bonds. The van der Waals surface area contributed by atoms with Gasteiger partial charge < -0.3 is 14.2 Å². The monoisotopic (exact) mass is 566 g/mol. The molecule has 0 radical (unpaired) electrons. The van der Waals surface area contributed by atoms with E-state index in [2.05, 4.69) is 13.8 Å². The Balaban J connectivity index is 1.49. The molecule has 0 aliphatic heterocycles. The number of hydrogen-bond acceptors (Lipinski definition) is 4. The molecule has 0 heterocycles. The number of ether oxygens (including phenoxy) is 3. The van der Waals surface area contributed by atoms with E-state index in [4.69, 9.17) is 14.2 Å². The third-order valence-electron chi connectivity index (χ3n) is 8.90. The lowest BCUT2D eigenvalue weighted by Crippen LogP contribution is -2.17. The first kappa shape index (κ1) is 29.0. The summed E-state index contributed by atoms with van der Waals surface area (Å²) in [6, 6.07) is 12.5. The van der Waals surface area contributed by atoms with Crippen molar-refractivity contribution < 1.29 is 32.2 Å². The highest BCUT2D eigenvalue weighted by atomic mass is 19.1. The summed E-state index contributed by atoms with van der Waals surface area (Å²) < 4.78 is 62.4. The van der Waals surface area contributed by atoms with Gasteiger partial charge in [0.2, 0.25) is 0 Å². The van der Waals surface area contributed by atoms with Gasteiger partial charge in [-0.1, -0.05) is 32.4 Å². The SMILES string of the molecule is COC(=O)C[C@H](c1cccc(OCc2cc([C@@H]3CCCC3(C)C)c(-c3cc(OC)ccc3F)cc2F)c1F)C1CC1. The Morgan fingerprint density at radius 3 is 2.41 bits per heavy atom. The number of carbonyl (C=O) groups excluding carboxylic acids is 1. The molecule has 0 spiro atoms. The number of hydrogen-bond donors (Lipinski definition) is 0. The standard InChI is InChI=1S/C34H37F3O4/c1-34(2)14-6-8-28(34)26-15-21(30(36)17-25(26)27-16-22(39-3)12-13-29(27)35)19-41-31-9-5-7-23(33(31)37)24(20-10-11-20)18-32(38)40-4/h5,7,9,12-13,15-17,20,24,28H,6,8,10-11,14,18-19H2,1-4H3/t24-,28-/m0/s1. The molecule has 2 atom stereocenters. The second-order valence-corrected chi connectivity index (χ2v) is 12.0. The van der Waals surface area contributed by atoms with Crippen molar-refractivity contribution in [2.24, 2.45) is 11.3 Å². The van der Waals surface area contributed by atoms with Gasteiger partial charge in [0.15, 0.2) is 11.6 Å². The van der Waals surface area contributed by atoms with Gasteiger partial charge in [-0.25, -0.2) is 13.2 Å². The summed E-state index contributed by atoms with van der Waals surface area (Å²) in [7, 11) is 2.83. The molecular weight excluding hydrogens is 529 g/mol. The lowest BCUT2D eigenvalue weighted by atomic mass is 9.75. The molecule has 2 saturated carbocycles. The molecule has 5 rings (SSSR count). The zero-order valence-electron chi connectivity index (χ0n) is 24.1. The van der Waals surface area contributed by atoms with E-state index >= 15 is 13.2 Å². The molecule has 7 heteroatoms. The third-order valence-corrected chi connectivity index (χ3v) is 8.90. The molecule has 3 aromatic carbocycles. The molecular formula is C34H37F3O4. The van der Waals surface area contributed by atoms with Gasteiger partial charge in [0.1, 0.15) is 24.0 Å². The van der Waals surface area contributed by atoms with Crippen LogP contribution in [0.15, 0.2) is 48.5 Å². The van der Waals surface area contributed by atoms with Crippen LogP contribution in [-0.2, 0) is 16.1 Å². The van der Waals surface area contributed by atoms with Gasteiger partial charge in [-0.3, -0.25) is 4.79 Å². The van der Waals surface area contributed by atoms with Crippen molar-refractivity contribution in [3.63, 3.8) is 0 Å². The average Bonchev–Trinajstić information content (AvgIpc) is 3.74. The number of carbonyl (C=O) groups is 1. The summed E-state index contributed by atoms with van der Waals surface area (Å²) in [4.78, 5) is 12.0. The predicted molar refractivity (Wildman–Crippen MR) is 152 cm³/mol. The maximum absolute atomic E-state index is 15.7. The fourth-order valence-electron chi connectivity index (χ4n) is 6.38. The van der Waals surface area contributed by atoms with Crippen molar-refractivity contribution in [3.8, 4) is 22.6 Å². The zero-order valence-corrected chi connectivity index (χ0v) is 24.1. The molecule has 2 aliphatic rings. The number of benzene rings is 3. The van der Waals surface area contributed by atoms with Gasteiger partial charge in [0.05, 0.1) is 20.6 Å². The van der Waals surface area contributed by atoms with Gasteiger partial charge >= 0.3 is 5.97 Å². The smallest absolute Gasteiger partial charge is 0.306 e. The Kier molecular flexibility index (Phi) is 8.35. The van der Waals surface area contributed by atoms with Crippen LogP contribution < -0.4 is 9.47 Å². The molecule has 0 saturated heterocycles. The number of rotatable bonds is 10. The van der Waals surface area contributed by atoms with Crippen LogP contribution in [0.3, 0.4) is 0 Å². The first-order valence-corrected chi connectivity index (χ1v) is 14.3. The second kappa shape index (κ2) is 11.8. The van der Waals surface area contributed by atoms with Crippen LogP contribution in [0.5, 0.6) is 11.5 Å². The zero-order chi connectivity index (χ0) is 29.3. The largest absolute Gasteiger partial charge is 0.497 e. The van der Waals surface area contributed by atoms with Crippen LogP contribution in [-0.4, -0.2) is 20.2 Å². The number of esters is 1. The van der Waals surface area contributed by atoms with Crippen molar-refractivity contribution in [1.82, 2.24) is 0 Å². The second-order valence-electron chi connectivity index (χ2n) is 12.0. The molecule has 41 heavy (non-hydrogen) atoms. The summed E-state index contributed by atoms with van der Waals surface area (Å²) in [6.07, 6.45) is 4.88. The highest BCUT2D eigenvalue weighted by Gasteiger charge is 2.38. The Bertz CT molecular complexity index is 1430. The molecule has 0 N–H and O–H groups in total. The normalized spacial score (nSPS) is 18.7. The van der Waals surface area contributed by atoms with Crippen LogP contribution in [0, 0.1) is 28.8 Å². The minimum Gasteiger partial charge on any atom is -0.497 e. The van der Waals surface area contributed by atoms with E-state index in [0.717, 1.165) is 37.7 Å². The van der Waals surface area contributed by atoms with Crippen molar-refractivity contribution in [1.29, 1.82) is 0 Å². The Labute approximate surface area is 239 Å². The van der Waals surface area contributed by atoms with E-state index in [1.54, 1.807) is 24.3 Å². The summed E-state index contributed by atoms with van der Waals surface area (Å²) in [5.74, 6) is -1.44. The summed E-state index contributed by atoms with van der Waals surface area (Å²) >= 11 is 0. The van der Waals surface area contributed by atoms with Crippen LogP contribution in [0.1, 0.15) is 80.9 Å². The van der Waals surface area contributed by atoms with E-state index in [1.165, 1.54) is 38.5 Å². The number of halogens is 3. The first-order valence-electron chi connectivity index (χ1n) is 14.3. The first-order chi connectivity index (χ1) is 19.6. The fourth-order valence-corrected chi connectivity index (χ4v) is 6.38. The summed E-state index contributed by atoms with van der Waals surface area (Å²) in [5, 5.41) is 0. The van der Waals surface area contributed by atoms with Crippen LogP contribution in [0.2, 0.25) is 0 Å². The summed E-state index contributed by atoms with van der Waals surface area (Å²) in [6.45, 7) is 4.17. The third kappa shape index (κ3) is 6.09. The minimum atomic E-state index is -0.556. The molecule has 0 unspecified atom stereocenters. The van der Waals surface area contributed by atoms with E-state index < -0.39 is 17.5 Å². The van der Waals surface area contributed by atoms with Gasteiger partial charge in [-0.2, -0.15) is 0 Å². The van der Waals surface area contributed by atoms with Gasteiger partial charge in [-0.15, -0.1) is 0 Å². The highest BCUT2D eigenvalue weighted by Crippen LogP contribution is 2.52. The Morgan fingerprint density at radius 1 is 0.976 bits per heavy atom.